The summed E-state index contributed by atoms with van der Waals surface area (Å²) in [7, 11) is 0. The summed E-state index contributed by atoms with van der Waals surface area (Å²) in [6.45, 7) is 10.8. The van der Waals surface area contributed by atoms with E-state index in [1.165, 1.54) is 5.56 Å². The van der Waals surface area contributed by atoms with E-state index in [0.717, 1.165) is 59.3 Å². The molecule has 5 rings (SSSR count). The Balaban J connectivity index is 1.45. The van der Waals surface area contributed by atoms with Gasteiger partial charge < -0.3 is 15.0 Å². The lowest BCUT2D eigenvalue weighted by Gasteiger charge is -2.34. The number of piperidine rings is 1. The van der Waals surface area contributed by atoms with Gasteiger partial charge in [-0.15, -0.1) is 0 Å². The van der Waals surface area contributed by atoms with Gasteiger partial charge in [-0.2, -0.15) is 0 Å². The number of anilines is 1. The summed E-state index contributed by atoms with van der Waals surface area (Å²) in [6, 6.07) is 12.8. The van der Waals surface area contributed by atoms with Crippen molar-refractivity contribution in [3.63, 3.8) is 0 Å². The van der Waals surface area contributed by atoms with E-state index in [9.17, 15) is 0 Å². The van der Waals surface area contributed by atoms with Crippen LogP contribution in [0.1, 0.15) is 50.9 Å². The Morgan fingerprint density at radius 2 is 1.85 bits per heavy atom. The maximum Gasteiger partial charge on any atom is 0.222 e. The summed E-state index contributed by atoms with van der Waals surface area (Å²) >= 11 is 0. The maximum absolute atomic E-state index is 6.59. The van der Waals surface area contributed by atoms with Crippen LogP contribution < -0.4 is 10.1 Å². The Bertz CT molecular complexity index is 1290. The Labute approximate surface area is 200 Å². The fourth-order valence-corrected chi connectivity index (χ4v) is 4.72. The quantitative estimate of drug-likeness (QED) is 0.421. The van der Waals surface area contributed by atoms with Gasteiger partial charge in [-0.05, 0) is 69.7 Å². The first-order chi connectivity index (χ1) is 16.5. The number of benzene rings is 1. The molecule has 34 heavy (non-hydrogen) atoms. The van der Waals surface area contributed by atoms with Crippen LogP contribution in [0.4, 0.5) is 5.82 Å². The summed E-state index contributed by atoms with van der Waals surface area (Å²) in [4.78, 5) is 20.8. The summed E-state index contributed by atoms with van der Waals surface area (Å²) in [5, 5.41) is 5.73. The second-order valence-electron chi connectivity index (χ2n) is 9.43. The van der Waals surface area contributed by atoms with E-state index in [2.05, 4.69) is 77.1 Å². The minimum absolute atomic E-state index is 0.0878. The minimum Gasteiger partial charge on any atom is -0.474 e. The highest BCUT2D eigenvalue weighted by atomic mass is 16.5. The molecule has 7 nitrogen and oxygen atoms in total. The van der Waals surface area contributed by atoms with Gasteiger partial charge in [0.15, 0.2) is 5.82 Å². The zero-order valence-electron chi connectivity index (χ0n) is 20.3. The first-order valence-electron chi connectivity index (χ1n) is 12.1. The molecule has 1 fully saturated rings. The van der Waals surface area contributed by atoms with E-state index in [1.54, 1.807) is 12.5 Å². The smallest absolute Gasteiger partial charge is 0.222 e. The number of hydrogen-bond acceptors (Lipinski definition) is 7. The SMILES string of the molecule is Cc1cccc2cc(C(C)Nc3ncnc4cccnc34)nc(OC3CCN(C(C)C)CC3)c12. The highest BCUT2D eigenvalue weighted by Gasteiger charge is 2.24. The second kappa shape index (κ2) is 9.50. The molecule has 1 saturated heterocycles. The third-order valence-corrected chi connectivity index (χ3v) is 6.73. The lowest BCUT2D eigenvalue weighted by molar-refractivity contribution is 0.0822. The van der Waals surface area contributed by atoms with Crippen molar-refractivity contribution < 1.29 is 4.74 Å². The Kier molecular flexibility index (Phi) is 6.28. The van der Waals surface area contributed by atoms with Crippen LogP contribution in [-0.2, 0) is 0 Å². The third-order valence-electron chi connectivity index (χ3n) is 6.73. The fourth-order valence-electron chi connectivity index (χ4n) is 4.72. The van der Waals surface area contributed by atoms with Gasteiger partial charge in [0.05, 0.1) is 17.3 Å². The second-order valence-corrected chi connectivity index (χ2v) is 9.43. The van der Waals surface area contributed by atoms with Crippen molar-refractivity contribution in [2.45, 2.75) is 58.7 Å². The molecule has 0 bridgehead atoms. The van der Waals surface area contributed by atoms with Crippen LogP contribution in [0.15, 0.2) is 48.9 Å². The third kappa shape index (κ3) is 4.53. The average molecular weight is 457 g/mol. The Hall–Kier alpha value is -3.32. The topological polar surface area (TPSA) is 76.1 Å². The average Bonchev–Trinajstić information content (AvgIpc) is 2.84. The molecular weight excluding hydrogens is 424 g/mol. The van der Waals surface area contributed by atoms with Gasteiger partial charge in [0, 0.05) is 30.7 Å². The van der Waals surface area contributed by atoms with Crippen LogP contribution in [0, 0.1) is 6.92 Å². The molecule has 0 aliphatic carbocycles. The summed E-state index contributed by atoms with van der Waals surface area (Å²) in [5.74, 6) is 1.43. The molecule has 1 aliphatic rings. The van der Waals surface area contributed by atoms with E-state index in [-0.39, 0.29) is 12.1 Å². The van der Waals surface area contributed by atoms with Gasteiger partial charge in [0.25, 0.3) is 0 Å². The number of rotatable bonds is 6. The number of pyridine rings is 2. The molecule has 0 radical (unpaired) electrons. The van der Waals surface area contributed by atoms with Crippen LogP contribution in [0.25, 0.3) is 21.8 Å². The number of nitrogens with one attached hydrogen (secondary N) is 1. The molecule has 4 heterocycles. The molecule has 1 atom stereocenters. The van der Waals surface area contributed by atoms with Crippen LogP contribution in [0.3, 0.4) is 0 Å². The normalized spacial score (nSPS) is 16.3. The molecule has 4 aromatic rings. The molecule has 7 heteroatoms. The lowest BCUT2D eigenvalue weighted by atomic mass is 10.0. The van der Waals surface area contributed by atoms with E-state index in [0.29, 0.717) is 11.9 Å². The van der Waals surface area contributed by atoms with E-state index in [4.69, 9.17) is 9.72 Å². The van der Waals surface area contributed by atoms with Gasteiger partial charge in [-0.25, -0.2) is 15.0 Å². The molecule has 0 spiro atoms. The van der Waals surface area contributed by atoms with Crippen molar-refractivity contribution in [3.05, 3.63) is 60.2 Å². The molecule has 0 saturated carbocycles. The first-order valence-corrected chi connectivity index (χ1v) is 12.1. The predicted molar refractivity (Wildman–Crippen MR) is 136 cm³/mol. The number of hydrogen-bond donors (Lipinski definition) is 1. The number of aromatic nitrogens is 4. The minimum atomic E-state index is -0.0878. The van der Waals surface area contributed by atoms with Gasteiger partial charge in [-0.3, -0.25) is 4.98 Å². The van der Waals surface area contributed by atoms with Gasteiger partial charge in [-0.1, -0.05) is 18.2 Å². The van der Waals surface area contributed by atoms with Crippen molar-refractivity contribution in [1.29, 1.82) is 0 Å². The lowest BCUT2D eigenvalue weighted by Crippen LogP contribution is -2.41. The number of ether oxygens (including phenoxy) is 1. The van der Waals surface area contributed by atoms with Crippen LogP contribution in [0.5, 0.6) is 5.88 Å². The Morgan fingerprint density at radius 1 is 1.03 bits per heavy atom. The standard InChI is InChI=1S/C27H32N6O/c1-17(2)33-13-10-21(11-14-33)34-27-24-18(3)7-5-8-20(24)15-23(32-27)19(4)31-26-25-22(29-16-30-26)9-6-12-28-25/h5-9,12,15-17,19,21H,10-11,13-14H2,1-4H3,(H,29,30,31). The molecule has 3 aromatic heterocycles. The van der Waals surface area contributed by atoms with Gasteiger partial charge in [0.2, 0.25) is 5.88 Å². The molecule has 0 amide bonds. The first kappa shape index (κ1) is 22.5. The summed E-state index contributed by atoms with van der Waals surface area (Å²) in [5.41, 5.74) is 3.65. The van der Waals surface area contributed by atoms with E-state index >= 15 is 0 Å². The van der Waals surface area contributed by atoms with Crippen LogP contribution in [-0.4, -0.2) is 50.1 Å². The van der Waals surface area contributed by atoms with Crippen molar-refractivity contribution in [3.8, 4) is 5.88 Å². The van der Waals surface area contributed by atoms with E-state index < -0.39 is 0 Å². The van der Waals surface area contributed by atoms with Crippen molar-refractivity contribution in [1.82, 2.24) is 24.8 Å². The molecular formula is C27H32N6O. The predicted octanol–water partition coefficient (Wildman–Crippen LogP) is 5.31. The number of aryl methyl sites for hydroxylation is 1. The molecule has 1 aromatic carbocycles. The number of fused-ring (bicyclic) bond motifs is 2. The van der Waals surface area contributed by atoms with Crippen molar-refractivity contribution >= 4 is 27.6 Å². The Morgan fingerprint density at radius 3 is 2.65 bits per heavy atom. The largest absolute Gasteiger partial charge is 0.474 e. The molecule has 176 valence electrons. The van der Waals surface area contributed by atoms with Crippen LogP contribution >= 0.6 is 0 Å². The maximum atomic E-state index is 6.59. The molecule has 1 aliphatic heterocycles. The van der Waals surface area contributed by atoms with Gasteiger partial charge in [0.1, 0.15) is 17.9 Å². The molecule has 1 N–H and O–H groups in total. The van der Waals surface area contributed by atoms with E-state index in [1.807, 2.05) is 12.1 Å². The summed E-state index contributed by atoms with van der Waals surface area (Å²) < 4.78 is 6.59. The number of likely N-dealkylation sites (tertiary alicyclic amines) is 1. The fraction of sp³-hybridized carbons (Fsp3) is 0.407. The number of nitrogens with zero attached hydrogens (tertiary/aromatic N) is 5. The zero-order chi connectivity index (χ0) is 23.7. The monoisotopic (exact) mass is 456 g/mol. The molecule has 1 unspecified atom stereocenters. The highest BCUT2D eigenvalue weighted by molar-refractivity contribution is 5.90. The van der Waals surface area contributed by atoms with Crippen LogP contribution in [0.2, 0.25) is 0 Å². The van der Waals surface area contributed by atoms with Gasteiger partial charge >= 0.3 is 0 Å². The van der Waals surface area contributed by atoms with Crippen molar-refractivity contribution in [2.75, 3.05) is 18.4 Å². The zero-order valence-corrected chi connectivity index (χ0v) is 20.3. The van der Waals surface area contributed by atoms with Crippen molar-refractivity contribution in [2.24, 2.45) is 0 Å². The highest BCUT2D eigenvalue weighted by Crippen LogP contribution is 2.32. The summed E-state index contributed by atoms with van der Waals surface area (Å²) in [6.07, 6.45) is 5.54.